The monoisotopic (exact) mass is 324 g/mol. The van der Waals surface area contributed by atoms with Crippen molar-refractivity contribution in [2.24, 2.45) is 13.0 Å². The molecule has 4 nitrogen and oxygen atoms in total. The molecule has 3 rings (SSSR count). The zero-order valence-corrected chi connectivity index (χ0v) is 14.5. The van der Waals surface area contributed by atoms with Crippen molar-refractivity contribution in [3.8, 4) is 22.8 Å². The standard InChI is InChI=1S/C20H24N2O2/c1-12(2)15-6-5-13(3)9-16(15)20-18(23)10-14(11-19(20)24)17-7-8-21-22(17)4/h7-11,15-16,23-24H,1,5-6H2,2-4H3/t15-,16+/m0/s1. The van der Waals surface area contributed by atoms with Crippen molar-refractivity contribution in [3.05, 3.63) is 53.8 Å². The first kappa shape index (κ1) is 16.4. The predicted molar refractivity (Wildman–Crippen MR) is 96.0 cm³/mol. The van der Waals surface area contributed by atoms with Gasteiger partial charge in [0.25, 0.3) is 0 Å². The molecule has 1 aromatic heterocycles. The van der Waals surface area contributed by atoms with Crippen molar-refractivity contribution in [1.29, 1.82) is 0 Å². The Kier molecular flexibility index (Phi) is 4.22. The molecule has 0 spiro atoms. The average molecular weight is 324 g/mol. The first-order chi connectivity index (χ1) is 11.4. The summed E-state index contributed by atoms with van der Waals surface area (Å²) in [5.41, 5.74) is 4.55. The molecular formula is C20H24N2O2. The van der Waals surface area contributed by atoms with Crippen LogP contribution in [0.5, 0.6) is 11.5 Å². The summed E-state index contributed by atoms with van der Waals surface area (Å²) in [5, 5.41) is 25.4. The molecule has 2 atom stereocenters. The molecule has 24 heavy (non-hydrogen) atoms. The highest BCUT2D eigenvalue weighted by atomic mass is 16.3. The number of rotatable bonds is 3. The average Bonchev–Trinajstić information content (AvgIpc) is 2.92. The fraction of sp³-hybridized carbons (Fsp3) is 0.350. The number of hydrogen-bond acceptors (Lipinski definition) is 3. The van der Waals surface area contributed by atoms with Gasteiger partial charge in [0.05, 0.1) is 5.69 Å². The summed E-state index contributed by atoms with van der Waals surface area (Å²) in [6.07, 6.45) is 5.87. The lowest BCUT2D eigenvalue weighted by Crippen LogP contribution is -2.17. The number of phenolic OH excluding ortho intramolecular Hbond substituents is 2. The molecule has 0 radical (unpaired) electrons. The van der Waals surface area contributed by atoms with E-state index >= 15 is 0 Å². The Hall–Kier alpha value is -2.49. The molecule has 1 aromatic carbocycles. The number of aromatic hydroxyl groups is 2. The van der Waals surface area contributed by atoms with Crippen LogP contribution < -0.4 is 0 Å². The molecule has 4 heteroatoms. The Morgan fingerprint density at radius 2 is 1.96 bits per heavy atom. The fourth-order valence-corrected chi connectivity index (χ4v) is 3.68. The topological polar surface area (TPSA) is 58.3 Å². The van der Waals surface area contributed by atoms with Gasteiger partial charge in [-0.25, -0.2) is 0 Å². The van der Waals surface area contributed by atoms with E-state index in [1.54, 1.807) is 23.0 Å². The molecule has 2 aromatic rings. The van der Waals surface area contributed by atoms with E-state index in [-0.39, 0.29) is 23.3 Å². The van der Waals surface area contributed by atoms with E-state index < -0.39 is 0 Å². The van der Waals surface area contributed by atoms with Gasteiger partial charge in [0.15, 0.2) is 0 Å². The minimum absolute atomic E-state index is 0.0446. The van der Waals surface area contributed by atoms with Gasteiger partial charge >= 0.3 is 0 Å². The minimum atomic E-state index is -0.0446. The molecule has 1 aliphatic rings. The van der Waals surface area contributed by atoms with Gasteiger partial charge in [-0.1, -0.05) is 23.8 Å². The maximum absolute atomic E-state index is 10.7. The molecule has 1 aliphatic carbocycles. The van der Waals surface area contributed by atoms with E-state index in [1.807, 2.05) is 20.0 Å². The maximum atomic E-state index is 10.7. The van der Waals surface area contributed by atoms with Crippen LogP contribution in [0, 0.1) is 5.92 Å². The summed E-state index contributed by atoms with van der Waals surface area (Å²) in [7, 11) is 1.83. The molecule has 1 heterocycles. The van der Waals surface area contributed by atoms with Gasteiger partial charge < -0.3 is 10.2 Å². The summed E-state index contributed by atoms with van der Waals surface area (Å²) in [5.74, 6) is 0.423. The van der Waals surface area contributed by atoms with Crippen LogP contribution in [0.15, 0.2) is 48.2 Å². The van der Waals surface area contributed by atoms with Crippen LogP contribution in [-0.2, 0) is 7.05 Å². The maximum Gasteiger partial charge on any atom is 0.123 e. The fourth-order valence-electron chi connectivity index (χ4n) is 3.68. The van der Waals surface area contributed by atoms with Gasteiger partial charge in [-0.2, -0.15) is 5.10 Å². The lowest BCUT2D eigenvalue weighted by molar-refractivity contribution is 0.407. The molecule has 0 bridgehead atoms. The van der Waals surface area contributed by atoms with Gasteiger partial charge in [0.2, 0.25) is 0 Å². The summed E-state index contributed by atoms with van der Waals surface area (Å²) in [6, 6.07) is 5.27. The second-order valence-corrected chi connectivity index (χ2v) is 6.80. The third-order valence-electron chi connectivity index (χ3n) is 4.97. The molecule has 0 fully saturated rings. The van der Waals surface area contributed by atoms with E-state index in [0.717, 1.165) is 29.7 Å². The van der Waals surface area contributed by atoms with Gasteiger partial charge in [-0.05, 0) is 50.8 Å². The number of hydrogen-bond donors (Lipinski definition) is 2. The van der Waals surface area contributed by atoms with Crippen LogP contribution in [0.3, 0.4) is 0 Å². The van der Waals surface area contributed by atoms with Crippen molar-refractivity contribution < 1.29 is 10.2 Å². The van der Waals surface area contributed by atoms with Crippen LogP contribution >= 0.6 is 0 Å². The van der Waals surface area contributed by atoms with E-state index in [2.05, 4.69) is 24.7 Å². The number of nitrogens with zero attached hydrogens (tertiary/aromatic N) is 2. The van der Waals surface area contributed by atoms with Crippen LogP contribution in [0.2, 0.25) is 0 Å². The quantitative estimate of drug-likeness (QED) is 0.816. The van der Waals surface area contributed by atoms with Gasteiger partial charge in [0, 0.05) is 30.3 Å². The van der Waals surface area contributed by atoms with E-state index in [9.17, 15) is 10.2 Å². The number of aryl methyl sites for hydroxylation is 1. The third-order valence-corrected chi connectivity index (χ3v) is 4.97. The van der Waals surface area contributed by atoms with E-state index in [1.165, 1.54) is 5.57 Å². The molecule has 0 amide bonds. The lowest BCUT2D eigenvalue weighted by Gasteiger charge is -2.31. The smallest absolute Gasteiger partial charge is 0.123 e. The van der Waals surface area contributed by atoms with Crippen LogP contribution in [0.1, 0.15) is 38.2 Å². The zero-order chi connectivity index (χ0) is 17.4. The van der Waals surface area contributed by atoms with Gasteiger partial charge in [-0.15, -0.1) is 0 Å². The number of allylic oxidation sites excluding steroid dienone is 3. The van der Waals surface area contributed by atoms with Crippen molar-refractivity contribution >= 4 is 0 Å². The summed E-state index contributed by atoms with van der Waals surface area (Å²) < 4.78 is 1.72. The van der Waals surface area contributed by atoms with E-state index in [0.29, 0.717) is 5.56 Å². The Morgan fingerprint density at radius 1 is 1.29 bits per heavy atom. The second-order valence-electron chi connectivity index (χ2n) is 6.80. The lowest BCUT2D eigenvalue weighted by atomic mass is 9.73. The van der Waals surface area contributed by atoms with Crippen LogP contribution in [0.25, 0.3) is 11.3 Å². The van der Waals surface area contributed by atoms with Crippen molar-refractivity contribution in [3.63, 3.8) is 0 Å². The molecule has 0 aliphatic heterocycles. The Morgan fingerprint density at radius 3 is 2.50 bits per heavy atom. The first-order valence-electron chi connectivity index (χ1n) is 8.25. The Labute approximate surface area is 142 Å². The molecule has 0 unspecified atom stereocenters. The first-order valence-corrected chi connectivity index (χ1v) is 8.25. The number of phenols is 2. The highest BCUT2D eigenvalue weighted by molar-refractivity contribution is 5.67. The molecule has 0 saturated carbocycles. The van der Waals surface area contributed by atoms with Gasteiger partial charge in [0.1, 0.15) is 11.5 Å². The second kappa shape index (κ2) is 6.19. The predicted octanol–water partition coefficient (Wildman–Crippen LogP) is 4.51. The number of aromatic nitrogens is 2. The SMILES string of the molecule is C=C(C)[C@@H]1CCC(C)=C[C@H]1c1c(O)cc(-c2ccnn2C)cc1O. The summed E-state index contributed by atoms with van der Waals surface area (Å²) in [6.45, 7) is 8.22. The molecular weight excluding hydrogens is 300 g/mol. The van der Waals surface area contributed by atoms with Crippen molar-refractivity contribution in [2.45, 2.75) is 32.6 Å². The molecule has 0 saturated heterocycles. The largest absolute Gasteiger partial charge is 0.507 e. The highest BCUT2D eigenvalue weighted by Crippen LogP contribution is 2.47. The van der Waals surface area contributed by atoms with Gasteiger partial charge in [-0.3, -0.25) is 4.68 Å². The Bertz CT molecular complexity index is 794. The zero-order valence-electron chi connectivity index (χ0n) is 14.5. The molecule has 2 N–H and O–H groups in total. The van der Waals surface area contributed by atoms with E-state index in [4.69, 9.17) is 0 Å². The third kappa shape index (κ3) is 2.84. The Balaban J connectivity index is 2.10. The number of benzene rings is 1. The van der Waals surface area contributed by atoms with Crippen molar-refractivity contribution in [1.82, 2.24) is 9.78 Å². The van der Waals surface area contributed by atoms with Crippen molar-refractivity contribution in [2.75, 3.05) is 0 Å². The highest BCUT2D eigenvalue weighted by Gasteiger charge is 2.30. The normalized spacial score (nSPS) is 20.7. The summed E-state index contributed by atoms with van der Waals surface area (Å²) >= 11 is 0. The molecule has 126 valence electrons. The van der Waals surface area contributed by atoms with Crippen LogP contribution in [-0.4, -0.2) is 20.0 Å². The van der Waals surface area contributed by atoms with Crippen LogP contribution in [0.4, 0.5) is 0 Å². The summed E-state index contributed by atoms with van der Waals surface area (Å²) in [4.78, 5) is 0. The minimum Gasteiger partial charge on any atom is -0.507 e.